The topological polar surface area (TPSA) is 156 Å². The van der Waals surface area contributed by atoms with E-state index in [0.29, 0.717) is 5.52 Å². The summed E-state index contributed by atoms with van der Waals surface area (Å²) in [5.74, 6) is -0.276. The van der Waals surface area contributed by atoms with Crippen LogP contribution in [0.1, 0.15) is 25.0 Å². The molecule has 1 saturated heterocycles. The quantitative estimate of drug-likeness (QED) is 0.601. The number of carbonyl (C=O) groups excluding carboxylic acids is 1. The molecule has 142 valence electrons. The van der Waals surface area contributed by atoms with Crippen molar-refractivity contribution in [2.45, 2.75) is 43.2 Å². The van der Waals surface area contributed by atoms with Gasteiger partial charge in [0, 0.05) is 0 Å². The molecule has 3 heterocycles. The third-order valence-corrected chi connectivity index (χ3v) is 5.31. The zero-order chi connectivity index (χ0) is 19.2. The second kappa shape index (κ2) is 6.45. The van der Waals surface area contributed by atoms with E-state index in [9.17, 15) is 20.3 Å². The number of esters is 1. The van der Waals surface area contributed by atoms with Gasteiger partial charge in [-0.1, -0.05) is 6.42 Å². The fourth-order valence-electron chi connectivity index (χ4n) is 3.48. The molecule has 0 unspecified atom stereocenters. The molecule has 4 N–H and O–H groups in total. The standard InChI is InChI=1S/C17H19N5O5/c18-7-17(12-5-4-10-15(19)20-8-21-22(10)12)14(24)13(23)11(27-17)6-26-16(25)9-2-1-3-9/h4-5,8-9,11,13-14,23-24H,1-3,6H2,(H2,19,20,21)/t11-,13-,14-,17+/m1/s1. The summed E-state index contributed by atoms with van der Waals surface area (Å²) in [5.41, 5.74) is 4.56. The second-order valence-corrected chi connectivity index (χ2v) is 6.86. The van der Waals surface area contributed by atoms with Crippen molar-refractivity contribution in [2.75, 3.05) is 12.3 Å². The maximum absolute atomic E-state index is 11.9. The molecule has 4 rings (SSSR count). The average Bonchev–Trinajstić information content (AvgIpc) is 3.15. The molecule has 2 fully saturated rings. The van der Waals surface area contributed by atoms with Gasteiger partial charge in [0.15, 0.2) is 5.82 Å². The van der Waals surface area contributed by atoms with E-state index in [1.807, 2.05) is 6.07 Å². The van der Waals surface area contributed by atoms with Gasteiger partial charge in [-0.15, -0.1) is 0 Å². The highest BCUT2D eigenvalue weighted by molar-refractivity contribution is 5.73. The number of nitrogens with two attached hydrogens (primary N) is 1. The van der Waals surface area contributed by atoms with Crippen LogP contribution in [0.5, 0.6) is 0 Å². The van der Waals surface area contributed by atoms with Crippen molar-refractivity contribution in [1.82, 2.24) is 14.6 Å². The Hall–Kier alpha value is -2.74. The van der Waals surface area contributed by atoms with E-state index in [2.05, 4.69) is 10.1 Å². The van der Waals surface area contributed by atoms with Crippen molar-refractivity contribution in [2.24, 2.45) is 5.92 Å². The highest BCUT2D eigenvalue weighted by atomic mass is 16.6. The lowest BCUT2D eigenvalue weighted by Crippen LogP contribution is -2.41. The van der Waals surface area contributed by atoms with Gasteiger partial charge in [-0.3, -0.25) is 4.79 Å². The minimum Gasteiger partial charge on any atom is -0.463 e. The van der Waals surface area contributed by atoms with Gasteiger partial charge in [0.2, 0.25) is 5.60 Å². The molecule has 1 saturated carbocycles. The Balaban J connectivity index is 1.61. The number of carbonyl (C=O) groups is 1. The highest BCUT2D eigenvalue weighted by Crippen LogP contribution is 2.40. The summed E-state index contributed by atoms with van der Waals surface area (Å²) in [5, 5.41) is 34.8. The minimum absolute atomic E-state index is 0.122. The van der Waals surface area contributed by atoms with Crippen LogP contribution in [0.25, 0.3) is 5.52 Å². The molecule has 27 heavy (non-hydrogen) atoms. The van der Waals surface area contributed by atoms with Crippen LogP contribution < -0.4 is 5.73 Å². The van der Waals surface area contributed by atoms with E-state index in [1.165, 1.54) is 16.9 Å². The first kappa shape index (κ1) is 17.7. The van der Waals surface area contributed by atoms with Gasteiger partial charge in [0.05, 0.1) is 11.6 Å². The van der Waals surface area contributed by atoms with Crippen LogP contribution in [0, 0.1) is 17.2 Å². The first-order valence-electron chi connectivity index (χ1n) is 8.68. The SMILES string of the molecule is N#C[C@@]1(c2ccc3c(N)ncnn23)O[C@H](COC(=O)C2CCC2)[C@@H](O)[C@H]1O. The minimum atomic E-state index is -1.89. The number of aliphatic hydroxyl groups is 2. The Morgan fingerprint density at radius 2 is 2.26 bits per heavy atom. The number of nitrogens with zero attached hydrogens (tertiary/aromatic N) is 4. The van der Waals surface area contributed by atoms with Crippen LogP contribution in [0.4, 0.5) is 5.82 Å². The van der Waals surface area contributed by atoms with Crippen LogP contribution in [0.2, 0.25) is 0 Å². The zero-order valence-electron chi connectivity index (χ0n) is 14.4. The van der Waals surface area contributed by atoms with Gasteiger partial charge < -0.3 is 25.4 Å². The fourth-order valence-corrected chi connectivity index (χ4v) is 3.48. The van der Waals surface area contributed by atoms with Gasteiger partial charge in [0.1, 0.15) is 42.8 Å². The van der Waals surface area contributed by atoms with Crippen LogP contribution in [-0.4, -0.2) is 55.7 Å². The number of aromatic nitrogens is 3. The van der Waals surface area contributed by atoms with Gasteiger partial charge in [0.25, 0.3) is 0 Å². The van der Waals surface area contributed by atoms with Crippen molar-refractivity contribution < 1.29 is 24.5 Å². The van der Waals surface area contributed by atoms with E-state index in [0.717, 1.165) is 19.3 Å². The van der Waals surface area contributed by atoms with Crippen LogP contribution in [-0.2, 0) is 19.9 Å². The van der Waals surface area contributed by atoms with Gasteiger partial charge >= 0.3 is 5.97 Å². The number of fused-ring (bicyclic) bond motifs is 1. The fraction of sp³-hybridized carbons (Fsp3) is 0.529. The summed E-state index contributed by atoms with van der Waals surface area (Å²) in [6, 6.07) is 5.06. The molecular weight excluding hydrogens is 354 g/mol. The molecule has 0 bridgehead atoms. The Morgan fingerprint density at radius 1 is 1.48 bits per heavy atom. The predicted octanol–water partition coefficient (Wildman–Crippen LogP) is -0.506. The van der Waals surface area contributed by atoms with E-state index >= 15 is 0 Å². The molecule has 0 amide bonds. The van der Waals surface area contributed by atoms with E-state index in [-0.39, 0.29) is 30.0 Å². The van der Waals surface area contributed by atoms with Crippen molar-refractivity contribution in [1.29, 1.82) is 5.26 Å². The number of anilines is 1. The number of nitriles is 1. The summed E-state index contributed by atoms with van der Waals surface area (Å²) < 4.78 is 12.3. The van der Waals surface area contributed by atoms with Gasteiger partial charge in [-0.05, 0) is 25.0 Å². The van der Waals surface area contributed by atoms with E-state index in [4.69, 9.17) is 15.2 Å². The molecule has 1 aliphatic heterocycles. The summed E-state index contributed by atoms with van der Waals surface area (Å²) in [4.78, 5) is 15.8. The van der Waals surface area contributed by atoms with Crippen molar-refractivity contribution >= 4 is 17.3 Å². The maximum Gasteiger partial charge on any atom is 0.309 e. The number of nitrogen functional groups attached to an aromatic ring is 1. The Labute approximate surface area is 154 Å². The predicted molar refractivity (Wildman–Crippen MR) is 89.9 cm³/mol. The van der Waals surface area contributed by atoms with E-state index in [1.54, 1.807) is 6.07 Å². The second-order valence-electron chi connectivity index (χ2n) is 6.86. The molecule has 2 aliphatic rings. The lowest BCUT2D eigenvalue weighted by atomic mass is 9.86. The number of rotatable bonds is 4. The highest BCUT2D eigenvalue weighted by Gasteiger charge is 2.57. The number of aliphatic hydroxyl groups excluding tert-OH is 2. The van der Waals surface area contributed by atoms with Gasteiger partial charge in [-0.2, -0.15) is 10.4 Å². The molecule has 0 radical (unpaired) electrons. The lowest BCUT2D eigenvalue weighted by Gasteiger charge is -2.25. The molecule has 0 aromatic carbocycles. The normalized spacial score (nSPS) is 30.8. The first-order valence-corrected chi connectivity index (χ1v) is 8.68. The molecule has 10 heteroatoms. The molecule has 10 nitrogen and oxygen atoms in total. The molecular formula is C17H19N5O5. The first-order chi connectivity index (χ1) is 13.0. The molecule has 2 aromatic heterocycles. The number of ether oxygens (including phenoxy) is 2. The van der Waals surface area contributed by atoms with Crippen molar-refractivity contribution in [3.05, 3.63) is 24.2 Å². The molecule has 2 aromatic rings. The Morgan fingerprint density at radius 3 is 2.93 bits per heavy atom. The molecule has 4 atom stereocenters. The maximum atomic E-state index is 11.9. The third-order valence-electron chi connectivity index (χ3n) is 5.31. The molecule has 0 spiro atoms. The average molecular weight is 373 g/mol. The summed E-state index contributed by atoms with van der Waals surface area (Å²) >= 11 is 0. The van der Waals surface area contributed by atoms with E-state index < -0.39 is 23.9 Å². The lowest BCUT2D eigenvalue weighted by molar-refractivity contribution is -0.158. The van der Waals surface area contributed by atoms with Crippen molar-refractivity contribution in [3.63, 3.8) is 0 Å². The number of hydrogen-bond donors (Lipinski definition) is 3. The summed E-state index contributed by atoms with van der Waals surface area (Å²) in [7, 11) is 0. The summed E-state index contributed by atoms with van der Waals surface area (Å²) in [6.45, 7) is -0.253. The largest absolute Gasteiger partial charge is 0.463 e. The molecule has 1 aliphatic carbocycles. The van der Waals surface area contributed by atoms with Crippen LogP contribution in [0.3, 0.4) is 0 Å². The smallest absolute Gasteiger partial charge is 0.309 e. The third kappa shape index (κ3) is 2.63. The zero-order valence-corrected chi connectivity index (χ0v) is 14.4. The summed E-state index contributed by atoms with van der Waals surface area (Å²) in [6.07, 6.45) is -0.248. The van der Waals surface area contributed by atoms with Crippen LogP contribution in [0.15, 0.2) is 18.5 Å². The van der Waals surface area contributed by atoms with Crippen LogP contribution >= 0.6 is 0 Å². The van der Waals surface area contributed by atoms with Crippen molar-refractivity contribution in [3.8, 4) is 6.07 Å². The Bertz CT molecular complexity index is 920. The number of hydrogen-bond acceptors (Lipinski definition) is 9. The monoisotopic (exact) mass is 373 g/mol. The van der Waals surface area contributed by atoms with Gasteiger partial charge in [-0.25, -0.2) is 9.50 Å². The Kier molecular flexibility index (Phi) is 4.22.